The molecular weight excluding hydrogens is 505 g/mol. The molecule has 1 aliphatic carbocycles. The number of amides is 1. The molecule has 1 saturated heterocycles. The molecule has 1 aromatic rings. The van der Waals surface area contributed by atoms with Gasteiger partial charge in [0.05, 0.1) is 0 Å². The highest BCUT2D eigenvalue weighted by Crippen LogP contribution is 2.50. The first-order chi connectivity index (χ1) is 18.2. The number of carbonyl (C=O) groups is 3. The standard InChI is InChI=1S/C29H44NO7P/c1-3-27(32)36-28(4-2)37-38(35,18-12-11-15-22-13-7-5-8-14-22)21-26(31)30-20-24(19-25(30)29(33)34)23-16-9-6-10-17-23/h5,7-8,13-14,23-25,28H,3-4,6,9-12,15-21H2,1-2H3,(H,33,34)/t24-,25+,28+,38+/m1/s1. The van der Waals surface area contributed by atoms with Crippen LogP contribution in [-0.4, -0.2) is 59.1 Å². The van der Waals surface area contributed by atoms with E-state index in [9.17, 15) is 24.1 Å². The highest BCUT2D eigenvalue weighted by Gasteiger charge is 2.44. The van der Waals surface area contributed by atoms with Gasteiger partial charge in [0, 0.05) is 25.5 Å². The Balaban J connectivity index is 1.69. The van der Waals surface area contributed by atoms with Crippen molar-refractivity contribution in [1.29, 1.82) is 0 Å². The summed E-state index contributed by atoms with van der Waals surface area (Å²) >= 11 is 0. The van der Waals surface area contributed by atoms with Crippen molar-refractivity contribution in [2.24, 2.45) is 11.8 Å². The Morgan fingerprint density at radius 1 is 1.05 bits per heavy atom. The van der Waals surface area contributed by atoms with Gasteiger partial charge in [-0.25, -0.2) is 4.79 Å². The summed E-state index contributed by atoms with van der Waals surface area (Å²) in [4.78, 5) is 38.9. The van der Waals surface area contributed by atoms with Crippen molar-refractivity contribution in [1.82, 2.24) is 4.90 Å². The number of ether oxygens (including phenoxy) is 1. The van der Waals surface area contributed by atoms with Crippen molar-refractivity contribution < 1.29 is 33.3 Å². The Morgan fingerprint density at radius 2 is 1.76 bits per heavy atom. The van der Waals surface area contributed by atoms with Crippen molar-refractivity contribution in [2.45, 2.75) is 96.8 Å². The lowest BCUT2D eigenvalue weighted by molar-refractivity contribution is -0.163. The minimum atomic E-state index is -3.56. The largest absolute Gasteiger partial charge is 0.480 e. The molecule has 2 fully saturated rings. The third-order valence-electron chi connectivity index (χ3n) is 7.88. The number of carbonyl (C=O) groups excluding carboxylic acids is 2. The fourth-order valence-electron chi connectivity index (χ4n) is 5.74. The second kappa shape index (κ2) is 14.8. The minimum absolute atomic E-state index is 0.153. The van der Waals surface area contributed by atoms with E-state index in [1.54, 1.807) is 13.8 Å². The first-order valence-corrected chi connectivity index (χ1v) is 16.3. The Labute approximate surface area is 226 Å². The van der Waals surface area contributed by atoms with E-state index in [1.807, 2.05) is 30.3 Å². The number of carboxylic acid groups (broad SMARTS) is 1. The lowest BCUT2D eigenvalue weighted by atomic mass is 9.79. The second-order valence-corrected chi connectivity index (χ2v) is 13.3. The smallest absolute Gasteiger partial charge is 0.326 e. The van der Waals surface area contributed by atoms with Crippen LogP contribution in [0.15, 0.2) is 30.3 Å². The molecular formula is C29H44NO7P. The molecule has 1 heterocycles. The molecule has 1 aliphatic heterocycles. The van der Waals surface area contributed by atoms with E-state index in [4.69, 9.17) is 9.26 Å². The van der Waals surface area contributed by atoms with E-state index >= 15 is 0 Å². The van der Waals surface area contributed by atoms with Crippen LogP contribution in [0.1, 0.15) is 83.6 Å². The lowest BCUT2D eigenvalue weighted by Crippen LogP contribution is -2.42. The van der Waals surface area contributed by atoms with Crippen molar-refractivity contribution in [3.8, 4) is 0 Å². The van der Waals surface area contributed by atoms with Crippen LogP contribution in [0.5, 0.6) is 0 Å². The van der Waals surface area contributed by atoms with E-state index in [2.05, 4.69) is 0 Å². The molecule has 0 unspecified atom stereocenters. The van der Waals surface area contributed by atoms with E-state index < -0.39 is 37.5 Å². The Hall–Kier alpha value is -2.18. The summed E-state index contributed by atoms with van der Waals surface area (Å²) in [6.45, 7) is 3.82. The number of likely N-dealkylation sites (tertiary alicyclic amines) is 1. The topological polar surface area (TPSA) is 110 Å². The van der Waals surface area contributed by atoms with Gasteiger partial charge < -0.3 is 14.7 Å². The predicted molar refractivity (Wildman–Crippen MR) is 146 cm³/mol. The molecule has 0 aromatic heterocycles. The maximum Gasteiger partial charge on any atom is 0.326 e. The summed E-state index contributed by atoms with van der Waals surface area (Å²) in [5.74, 6) is -1.33. The molecule has 1 saturated carbocycles. The van der Waals surface area contributed by atoms with Crippen LogP contribution < -0.4 is 0 Å². The zero-order valence-electron chi connectivity index (χ0n) is 22.9. The van der Waals surface area contributed by atoms with Gasteiger partial charge >= 0.3 is 11.9 Å². The average molecular weight is 550 g/mol. The molecule has 2 aliphatic rings. The number of aryl methyl sites for hydroxylation is 1. The third-order valence-corrected chi connectivity index (χ3v) is 10.3. The van der Waals surface area contributed by atoms with Gasteiger partial charge in [0.2, 0.25) is 19.6 Å². The monoisotopic (exact) mass is 549 g/mol. The lowest BCUT2D eigenvalue weighted by Gasteiger charge is -2.28. The van der Waals surface area contributed by atoms with Crippen LogP contribution in [0, 0.1) is 11.8 Å². The summed E-state index contributed by atoms with van der Waals surface area (Å²) in [5.41, 5.74) is 1.18. The number of benzene rings is 1. The van der Waals surface area contributed by atoms with Gasteiger partial charge in [0.1, 0.15) is 12.2 Å². The van der Waals surface area contributed by atoms with Crippen molar-refractivity contribution in [2.75, 3.05) is 18.9 Å². The molecule has 4 atom stereocenters. The summed E-state index contributed by atoms with van der Waals surface area (Å²) in [6, 6.07) is 9.09. The van der Waals surface area contributed by atoms with Crippen LogP contribution in [0.3, 0.4) is 0 Å². The average Bonchev–Trinajstić information content (AvgIpc) is 3.38. The third kappa shape index (κ3) is 8.94. The van der Waals surface area contributed by atoms with Crippen molar-refractivity contribution >= 4 is 25.2 Å². The summed E-state index contributed by atoms with van der Waals surface area (Å²) in [5, 5.41) is 9.89. The maximum atomic E-state index is 14.1. The molecule has 0 bridgehead atoms. The van der Waals surface area contributed by atoms with Gasteiger partial charge in [-0.05, 0) is 43.1 Å². The number of unbranched alkanes of at least 4 members (excludes halogenated alkanes) is 1. The van der Waals surface area contributed by atoms with Gasteiger partial charge in [-0.1, -0.05) is 76.3 Å². The number of esters is 1. The molecule has 0 radical (unpaired) electrons. The Bertz CT molecular complexity index is 963. The first kappa shape index (κ1) is 30.4. The second-order valence-electron chi connectivity index (χ2n) is 10.7. The molecule has 9 heteroatoms. The van der Waals surface area contributed by atoms with Gasteiger partial charge in [0.15, 0.2) is 0 Å². The molecule has 8 nitrogen and oxygen atoms in total. The Morgan fingerprint density at radius 3 is 2.39 bits per heavy atom. The number of hydrogen-bond acceptors (Lipinski definition) is 6. The summed E-state index contributed by atoms with van der Waals surface area (Å²) in [6.07, 6.45) is 7.51. The zero-order chi connectivity index (χ0) is 27.5. The number of hydrogen-bond donors (Lipinski definition) is 1. The van der Waals surface area contributed by atoms with E-state index in [0.29, 0.717) is 31.7 Å². The quantitative estimate of drug-likeness (QED) is 0.134. The van der Waals surface area contributed by atoms with E-state index in [0.717, 1.165) is 38.5 Å². The molecule has 0 spiro atoms. The van der Waals surface area contributed by atoms with Crippen LogP contribution >= 0.6 is 7.37 Å². The maximum absolute atomic E-state index is 14.1. The highest BCUT2D eigenvalue weighted by molar-refractivity contribution is 7.59. The highest BCUT2D eigenvalue weighted by atomic mass is 31.2. The number of aliphatic carboxylic acids is 1. The molecule has 1 N–H and O–H groups in total. The molecule has 1 aromatic carbocycles. The predicted octanol–water partition coefficient (Wildman–Crippen LogP) is 5.88. The normalized spacial score (nSPS) is 22.5. The molecule has 212 valence electrons. The number of nitrogens with zero attached hydrogens (tertiary/aromatic N) is 1. The Kier molecular flexibility index (Phi) is 11.9. The summed E-state index contributed by atoms with van der Waals surface area (Å²) < 4.78 is 25.3. The van der Waals surface area contributed by atoms with Crippen LogP contribution in [0.4, 0.5) is 0 Å². The van der Waals surface area contributed by atoms with E-state index in [1.165, 1.54) is 16.9 Å². The van der Waals surface area contributed by atoms with Crippen LogP contribution in [0.2, 0.25) is 0 Å². The number of carboxylic acids is 1. The molecule has 1 amide bonds. The fraction of sp³-hybridized carbons (Fsp3) is 0.690. The number of rotatable bonds is 14. The SMILES string of the molecule is CCC(=O)O[C@H](CC)O[P@@](=O)(CCCCc1ccccc1)CC(=O)N1C[C@H](C2CCCCC2)C[C@H]1C(=O)O. The molecule has 3 rings (SSSR count). The van der Waals surface area contributed by atoms with Crippen LogP contribution in [0.25, 0.3) is 0 Å². The van der Waals surface area contributed by atoms with Crippen molar-refractivity contribution in [3.05, 3.63) is 35.9 Å². The van der Waals surface area contributed by atoms with Gasteiger partial charge in [-0.15, -0.1) is 0 Å². The minimum Gasteiger partial charge on any atom is -0.480 e. The summed E-state index contributed by atoms with van der Waals surface area (Å²) in [7, 11) is -3.56. The first-order valence-electron chi connectivity index (χ1n) is 14.3. The van der Waals surface area contributed by atoms with Gasteiger partial charge in [-0.2, -0.15) is 0 Å². The molecule has 38 heavy (non-hydrogen) atoms. The van der Waals surface area contributed by atoms with Gasteiger partial charge in [0.25, 0.3) is 0 Å². The van der Waals surface area contributed by atoms with Crippen molar-refractivity contribution in [3.63, 3.8) is 0 Å². The van der Waals surface area contributed by atoms with E-state index in [-0.39, 0.29) is 24.7 Å². The van der Waals surface area contributed by atoms with Crippen LogP contribution in [-0.2, 0) is 34.6 Å². The fourth-order valence-corrected chi connectivity index (χ4v) is 8.00. The zero-order valence-corrected chi connectivity index (χ0v) is 23.8. The van der Waals surface area contributed by atoms with Gasteiger partial charge in [-0.3, -0.25) is 18.7 Å².